The van der Waals surface area contributed by atoms with Crippen LogP contribution in [0.3, 0.4) is 0 Å². The molecule has 2 aromatic carbocycles. The number of rotatable bonds is 1. The number of fused-ring (bicyclic) bond motifs is 2. The fraction of sp³-hybridized carbons (Fsp3) is 0.278. The molecule has 0 aromatic heterocycles. The van der Waals surface area contributed by atoms with Gasteiger partial charge in [-0.1, -0.05) is 11.6 Å². The Morgan fingerprint density at radius 2 is 1.70 bits per heavy atom. The van der Waals surface area contributed by atoms with Crippen molar-refractivity contribution >= 4 is 40.3 Å². The van der Waals surface area contributed by atoms with Crippen molar-refractivity contribution in [2.75, 3.05) is 28.6 Å². The van der Waals surface area contributed by atoms with E-state index in [4.69, 9.17) is 11.6 Å². The van der Waals surface area contributed by atoms with Crippen LogP contribution in [0.2, 0.25) is 5.02 Å². The topological polar surface area (TPSA) is 44.4 Å². The Morgan fingerprint density at radius 3 is 2.52 bits per heavy atom. The third-order valence-corrected chi connectivity index (χ3v) is 4.70. The number of piperidine rings is 1. The minimum atomic E-state index is -0.117. The summed E-state index contributed by atoms with van der Waals surface area (Å²) in [6, 6.07) is 11.4. The molecule has 23 heavy (non-hydrogen) atoms. The lowest BCUT2D eigenvalue weighted by atomic mass is 10.1. The molecule has 0 atom stereocenters. The zero-order valence-corrected chi connectivity index (χ0v) is 13.5. The molecule has 0 saturated carbocycles. The smallest absolute Gasteiger partial charge is 0.257 e. The van der Waals surface area contributed by atoms with Gasteiger partial charge in [-0.25, -0.2) is 0 Å². The second-order valence-electron chi connectivity index (χ2n) is 6.05. The number of carbonyl (C=O) groups excluding carboxylic acids is 1. The normalized spacial score (nSPS) is 16.7. The molecule has 2 aliphatic heterocycles. The number of carbonyl (C=O) groups is 1. The standard InChI is InChI=1S/C18H18ClN3O/c19-12-4-6-14-16(10-12)20-17-11-13(22-8-2-1-3-9-22)5-7-15(17)21-18(14)23/h4-7,10-11,20H,1-3,8-9H2,(H,21,23). The van der Waals surface area contributed by atoms with Crippen LogP contribution in [-0.2, 0) is 0 Å². The van der Waals surface area contributed by atoms with Gasteiger partial charge in [0.1, 0.15) is 0 Å². The summed E-state index contributed by atoms with van der Waals surface area (Å²) in [5.41, 5.74) is 4.23. The minimum absolute atomic E-state index is 0.117. The lowest BCUT2D eigenvalue weighted by Gasteiger charge is -2.29. The number of hydrogen-bond acceptors (Lipinski definition) is 3. The molecule has 2 aromatic rings. The summed E-state index contributed by atoms with van der Waals surface area (Å²) in [5.74, 6) is -0.117. The Hall–Kier alpha value is -2.20. The molecule has 2 aliphatic rings. The highest BCUT2D eigenvalue weighted by Crippen LogP contribution is 2.36. The zero-order valence-electron chi connectivity index (χ0n) is 12.7. The van der Waals surface area contributed by atoms with Crippen LogP contribution in [0.25, 0.3) is 0 Å². The van der Waals surface area contributed by atoms with Crippen LogP contribution in [0.4, 0.5) is 22.7 Å². The highest BCUT2D eigenvalue weighted by Gasteiger charge is 2.20. The first-order chi connectivity index (χ1) is 11.2. The predicted molar refractivity (Wildman–Crippen MR) is 95.2 cm³/mol. The third-order valence-electron chi connectivity index (χ3n) is 4.47. The van der Waals surface area contributed by atoms with Crippen LogP contribution >= 0.6 is 11.6 Å². The van der Waals surface area contributed by atoms with Crippen molar-refractivity contribution in [2.24, 2.45) is 0 Å². The Balaban J connectivity index is 1.73. The molecule has 1 amide bonds. The first-order valence-corrected chi connectivity index (χ1v) is 8.35. The van der Waals surface area contributed by atoms with E-state index in [2.05, 4.69) is 27.7 Å². The van der Waals surface area contributed by atoms with Gasteiger partial charge in [-0.2, -0.15) is 0 Å². The molecule has 4 nitrogen and oxygen atoms in total. The number of anilines is 4. The first-order valence-electron chi connectivity index (χ1n) is 7.98. The summed E-state index contributed by atoms with van der Waals surface area (Å²) in [6.07, 6.45) is 3.78. The summed E-state index contributed by atoms with van der Waals surface area (Å²) < 4.78 is 0. The number of halogens is 1. The molecule has 2 heterocycles. The van der Waals surface area contributed by atoms with Crippen LogP contribution in [0.5, 0.6) is 0 Å². The van der Waals surface area contributed by atoms with Crippen LogP contribution < -0.4 is 15.5 Å². The van der Waals surface area contributed by atoms with Crippen molar-refractivity contribution in [3.05, 3.63) is 47.0 Å². The molecule has 2 N–H and O–H groups in total. The van der Waals surface area contributed by atoms with Crippen molar-refractivity contribution < 1.29 is 4.79 Å². The van der Waals surface area contributed by atoms with Crippen LogP contribution in [0.15, 0.2) is 36.4 Å². The maximum atomic E-state index is 12.4. The average molecular weight is 328 g/mol. The first kappa shape index (κ1) is 14.4. The Kier molecular flexibility index (Phi) is 3.62. The SMILES string of the molecule is O=C1Nc2ccc(N3CCCCC3)cc2Nc2cc(Cl)ccc21. The van der Waals surface area contributed by atoms with E-state index in [1.54, 1.807) is 18.2 Å². The van der Waals surface area contributed by atoms with Gasteiger partial charge < -0.3 is 15.5 Å². The number of amides is 1. The fourth-order valence-electron chi connectivity index (χ4n) is 3.25. The van der Waals surface area contributed by atoms with Crippen molar-refractivity contribution in [2.45, 2.75) is 19.3 Å². The predicted octanol–water partition coefficient (Wildman–Crippen LogP) is 4.64. The highest BCUT2D eigenvalue weighted by molar-refractivity contribution is 6.31. The van der Waals surface area contributed by atoms with Gasteiger partial charge in [0.2, 0.25) is 0 Å². The molecular weight excluding hydrogens is 310 g/mol. The Labute approximate surface area is 140 Å². The van der Waals surface area contributed by atoms with E-state index in [1.165, 1.54) is 24.9 Å². The molecule has 0 bridgehead atoms. The van der Waals surface area contributed by atoms with Gasteiger partial charge in [0, 0.05) is 23.8 Å². The van der Waals surface area contributed by atoms with Crippen molar-refractivity contribution in [3.63, 3.8) is 0 Å². The van der Waals surface area contributed by atoms with Crippen molar-refractivity contribution in [1.29, 1.82) is 0 Å². The van der Waals surface area contributed by atoms with Gasteiger partial charge in [-0.15, -0.1) is 0 Å². The minimum Gasteiger partial charge on any atom is -0.371 e. The summed E-state index contributed by atoms with van der Waals surface area (Å²) in [7, 11) is 0. The number of hydrogen-bond donors (Lipinski definition) is 2. The second-order valence-corrected chi connectivity index (χ2v) is 6.48. The Bertz CT molecular complexity index is 769. The molecule has 0 spiro atoms. The lowest BCUT2D eigenvalue weighted by Crippen LogP contribution is -2.29. The molecule has 5 heteroatoms. The van der Waals surface area contributed by atoms with Gasteiger partial charge in [-0.3, -0.25) is 4.79 Å². The molecular formula is C18H18ClN3O. The molecule has 1 fully saturated rings. The summed E-state index contributed by atoms with van der Waals surface area (Å²) in [4.78, 5) is 14.8. The quantitative estimate of drug-likeness (QED) is 0.802. The van der Waals surface area contributed by atoms with E-state index in [0.29, 0.717) is 10.6 Å². The van der Waals surface area contributed by atoms with Gasteiger partial charge in [0.15, 0.2) is 0 Å². The maximum Gasteiger partial charge on any atom is 0.257 e. The van der Waals surface area contributed by atoms with Gasteiger partial charge in [0.25, 0.3) is 5.91 Å². The average Bonchev–Trinajstić information content (AvgIpc) is 2.70. The number of nitrogens with one attached hydrogen (secondary N) is 2. The zero-order chi connectivity index (χ0) is 15.8. The van der Waals surface area contributed by atoms with Crippen molar-refractivity contribution in [3.8, 4) is 0 Å². The molecule has 0 unspecified atom stereocenters. The highest BCUT2D eigenvalue weighted by atomic mass is 35.5. The van der Waals surface area contributed by atoms with Crippen LogP contribution in [0.1, 0.15) is 29.6 Å². The summed E-state index contributed by atoms with van der Waals surface area (Å²) in [5, 5.41) is 6.94. The summed E-state index contributed by atoms with van der Waals surface area (Å²) in [6.45, 7) is 2.18. The third kappa shape index (κ3) is 2.75. The monoisotopic (exact) mass is 327 g/mol. The molecule has 1 saturated heterocycles. The van der Waals surface area contributed by atoms with Crippen LogP contribution in [-0.4, -0.2) is 19.0 Å². The van der Waals surface area contributed by atoms with E-state index >= 15 is 0 Å². The van der Waals surface area contributed by atoms with Crippen LogP contribution in [0, 0.1) is 0 Å². The molecule has 118 valence electrons. The van der Waals surface area contributed by atoms with E-state index in [1.807, 2.05) is 6.07 Å². The second kappa shape index (κ2) is 5.78. The number of benzene rings is 2. The molecule has 0 aliphatic carbocycles. The number of nitrogens with zero attached hydrogens (tertiary/aromatic N) is 1. The van der Waals surface area contributed by atoms with E-state index < -0.39 is 0 Å². The Morgan fingerprint density at radius 1 is 0.870 bits per heavy atom. The molecule has 0 radical (unpaired) electrons. The van der Waals surface area contributed by atoms with E-state index in [-0.39, 0.29) is 5.91 Å². The van der Waals surface area contributed by atoms with E-state index in [9.17, 15) is 4.79 Å². The van der Waals surface area contributed by atoms with Crippen molar-refractivity contribution in [1.82, 2.24) is 0 Å². The van der Waals surface area contributed by atoms with Gasteiger partial charge in [-0.05, 0) is 55.7 Å². The fourth-order valence-corrected chi connectivity index (χ4v) is 3.42. The van der Waals surface area contributed by atoms with Gasteiger partial charge in [0.05, 0.1) is 22.6 Å². The molecule has 4 rings (SSSR count). The lowest BCUT2D eigenvalue weighted by molar-refractivity contribution is 0.102. The van der Waals surface area contributed by atoms with Gasteiger partial charge >= 0.3 is 0 Å². The summed E-state index contributed by atoms with van der Waals surface area (Å²) >= 11 is 6.08. The largest absolute Gasteiger partial charge is 0.371 e. The van der Waals surface area contributed by atoms with E-state index in [0.717, 1.165) is 30.2 Å². The maximum absolute atomic E-state index is 12.4.